The van der Waals surface area contributed by atoms with Gasteiger partial charge in [-0.15, -0.1) is 0 Å². The number of nitrogens with one attached hydrogen (secondary N) is 1. The van der Waals surface area contributed by atoms with Gasteiger partial charge in [0.05, 0.1) is 0 Å². The Morgan fingerprint density at radius 1 is 0.610 bits per heavy atom. The van der Waals surface area contributed by atoms with Gasteiger partial charge in [-0.25, -0.2) is 8.62 Å². The lowest BCUT2D eigenvalue weighted by Gasteiger charge is -2.33. The maximum atomic E-state index is 16.6. The third kappa shape index (κ3) is 10.5. The Bertz CT molecular complexity index is 2330. The number of hydrogen-bond acceptors (Lipinski definition) is 8. The summed E-state index contributed by atoms with van der Waals surface area (Å²) in [7, 11) is -22.3. The molecule has 0 heterocycles. The smallest absolute Gasteiger partial charge is 0.366 e. The monoisotopic (exact) mass is 1080 g/mol. The third-order valence-electron chi connectivity index (χ3n) is 8.22. The highest BCUT2D eigenvalue weighted by atomic mass is 79.9. The van der Waals surface area contributed by atoms with E-state index in [0.717, 1.165) is 5.56 Å². The lowest BCUT2D eigenvalue weighted by Crippen LogP contribution is -2.26. The number of alkyl halides is 6. The van der Waals surface area contributed by atoms with Crippen molar-refractivity contribution in [3.05, 3.63) is 137 Å². The van der Waals surface area contributed by atoms with Crippen molar-refractivity contribution in [3.63, 3.8) is 0 Å². The Kier molecular flexibility index (Phi) is 15.2. The molecule has 4 rings (SSSR count). The fourth-order valence-corrected chi connectivity index (χ4v) is 13.3. The number of carbonyl (C=O) groups excluding carboxylic acids is 3. The normalized spacial score (nSPS) is 15.4. The average Bonchev–Trinajstić information content (AvgIpc) is 3.13. The van der Waals surface area contributed by atoms with Gasteiger partial charge in [0.25, 0.3) is 5.91 Å². The molecule has 0 bridgehead atoms. The van der Waals surface area contributed by atoms with Crippen molar-refractivity contribution in [2.45, 2.75) is 36.3 Å². The summed E-state index contributed by atoms with van der Waals surface area (Å²) in [5.41, 5.74) is -11.2. The largest absolute Gasteiger partial charge is 0.419 e. The van der Waals surface area contributed by atoms with Crippen molar-refractivity contribution in [2.75, 3.05) is 6.54 Å². The number of carbonyl (C=O) groups is 3. The first-order chi connectivity index (χ1) is 27.2. The van der Waals surface area contributed by atoms with Gasteiger partial charge in [0, 0.05) is 53.3 Å². The maximum Gasteiger partial charge on any atom is 0.419 e. The zero-order valence-corrected chi connectivity index (χ0v) is 36.9. The number of hydrogen-bond donors (Lipinski definition) is 5. The summed E-state index contributed by atoms with van der Waals surface area (Å²) in [6, 6.07) is 14.2. The Morgan fingerprint density at radius 3 is 1.41 bits per heavy atom. The molecule has 0 radical (unpaired) electrons. The zero-order valence-electron chi connectivity index (χ0n) is 29.5. The lowest BCUT2D eigenvalue weighted by atomic mass is 10.1. The Balaban J connectivity index is 1.75. The van der Waals surface area contributed by atoms with E-state index in [1.807, 2.05) is 30.3 Å². The Hall–Kier alpha value is -3.16. The fraction of sp³-hybridized carbons (Fsp3) is 0.206. The molecule has 13 nitrogen and oxygen atoms in total. The van der Waals surface area contributed by atoms with Crippen molar-refractivity contribution < 1.29 is 72.8 Å². The van der Waals surface area contributed by atoms with Gasteiger partial charge >= 0.3 is 39.8 Å². The summed E-state index contributed by atoms with van der Waals surface area (Å²) in [5, 5.41) is 2.54. The lowest BCUT2D eigenvalue weighted by molar-refractivity contribution is 0.0290. The van der Waals surface area contributed by atoms with Crippen LogP contribution in [0.4, 0.5) is 26.3 Å². The Labute approximate surface area is 356 Å². The molecule has 0 aliphatic heterocycles. The second-order valence-electron chi connectivity index (χ2n) is 12.3. The highest BCUT2D eigenvalue weighted by molar-refractivity contribution is 9.11. The van der Waals surface area contributed by atoms with Crippen LogP contribution in [0.3, 0.4) is 0 Å². The average molecular weight is 1090 g/mol. The van der Waals surface area contributed by atoms with Crippen LogP contribution < -0.4 is 16.8 Å². The van der Waals surface area contributed by atoms with Crippen molar-refractivity contribution in [1.29, 1.82) is 0 Å². The second kappa shape index (κ2) is 18.4. The quantitative estimate of drug-likeness (QED) is 0.0360. The van der Waals surface area contributed by atoms with Gasteiger partial charge in [0.2, 0.25) is 11.8 Å². The molecule has 0 aliphatic rings. The van der Waals surface area contributed by atoms with E-state index in [9.17, 15) is 37.9 Å². The molecule has 3 amide bonds. The van der Waals surface area contributed by atoms with Gasteiger partial charge in [-0.1, -0.05) is 96.3 Å². The number of amides is 3. The molecular weight excluding hydrogens is 1060 g/mol. The van der Waals surface area contributed by atoms with Crippen molar-refractivity contribution in [2.24, 2.45) is 11.5 Å². The second-order valence-corrected chi connectivity index (χ2v) is 21.0. The van der Waals surface area contributed by atoms with Gasteiger partial charge in [-0.05, 0) is 61.2 Å². The van der Waals surface area contributed by atoms with E-state index in [-0.39, 0.29) is 12.1 Å². The summed E-state index contributed by atoms with van der Waals surface area (Å²) < 4.78 is 143. The number of halogens is 9. The molecule has 318 valence electrons. The molecule has 59 heavy (non-hydrogen) atoms. The standard InChI is InChI=1S/C34H29Br3F6N3O10P3/c35-26-16-20(29(44)47)9-12-23(26)32(38,39)57(50,51)55-59(54,56-58(52,53)33(40,41)24-13-10-21(30(45)48)17-27(24)36)34(42,43)25-14-11-22(18-28(25)37)31(49)46-15-5-4-8-19-6-2-1-3-7-19/h1-3,6-7,9-14,16-18H,4-5,8,15H2,(H2,44,47)(H2,45,48)(H,46,49)(H,50,51)(H,52,53). The van der Waals surface area contributed by atoms with Crippen LogP contribution in [0, 0.1) is 0 Å². The van der Waals surface area contributed by atoms with Gasteiger partial charge in [0.15, 0.2) is 0 Å². The molecular formula is C34H29Br3F6N3O10P3. The molecule has 4 aromatic carbocycles. The minimum atomic E-state index is -7.65. The first-order valence-electron chi connectivity index (χ1n) is 16.3. The van der Waals surface area contributed by atoms with Gasteiger partial charge in [-0.3, -0.25) is 28.1 Å². The van der Waals surface area contributed by atoms with Crippen LogP contribution in [0.25, 0.3) is 0 Å². The summed E-state index contributed by atoms with van der Waals surface area (Å²) in [5.74, 6) is -3.15. The summed E-state index contributed by atoms with van der Waals surface area (Å²) >= 11 is 7.89. The van der Waals surface area contributed by atoms with E-state index in [1.165, 1.54) is 0 Å². The first-order valence-corrected chi connectivity index (χ1v) is 23.4. The first kappa shape index (κ1) is 48.5. The fourth-order valence-electron chi connectivity index (χ4n) is 5.09. The van der Waals surface area contributed by atoms with Gasteiger partial charge in [-0.2, -0.15) is 26.3 Å². The number of nitrogens with two attached hydrogens (primary N) is 2. The van der Waals surface area contributed by atoms with Crippen LogP contribution in [-0.4, -0.2) is 34.1 Å². The molecule has 2 unspecified atom stereocenters. The van der Waals surface area contributed by atoms with E-state index >= 15 is 26.3 Å². The number of aryl methyl sites for hydroxylation is 1. The van der Waals surface area contributed by atoms with Gasteiger partial charge in [0.1, 0.15) is 0 Å². The summed E-state index contributed by atoms with van der Waals surface area (Å²) in [6.07, 6.45) is 1.83. The highest BCUT2D eigenvalue weighted by Gasteiger charge is 2.69. The Morgan fingerprint density at radius 2 is 1.00 bits per heavy atom. The van der Waals surface area contributed by atoms with Crippen LogP contribution in [0.1, 0.15) is 66.2 Å². The number of rotatable bonds is 18. The zero-order chi connectivity index (χ0) is 44.4. The minimum Gasteiger partial charge on any atom is -0.366 e. The molecule has 0 saturated carbocycles. The predicted molar refractivity (Wildman–Crippen MR) is 212 cm³/mol. The van der Waals surface area contributed by atoms with Crippen LogP contribution in [-0.2, 0) is 45.7 Å². The molecule has 25 heteroatoms. The molecule has 0 spiro atoms. The van der Waals surface area contributed by atoms with E-state index in [4.69, 9.17) is 11.5 Å². The highest BCUT2D eigenvalue weighted by Crippen LogP contribution is 2.84. The van der Waals surface area contributed by atoms with E-state index in [0.29, 0.717) is 73.9 Å². The molecule has 0 fully saturated rings. The molecule has 2 atom stereocenters. The van der Waals surface area contributed by atoms with Gasteiger partial charge < -0.3 is 26.6 Å². The number of unbranched alkanes of at least 4 members (excludes halogenated alkanes) is 1. The van der Waals surface area contributed by atoms with E-state index in [1.54, 1.807) is 0 Å². The number of benzene rings is 4. The van der Waals surface area contributed by atoms with Crippen LogP contribution in [0.5, 0.6) is 0 Å². The van der Waals surface area contributed by atoms with Crippen LogP contribution in [0.2, 0.25) is 0 Å². The summed E-state index contributed by atoms with van der Waals surface area (Å²) in [4.78, 5) is 57.0. The SMILES string of the molecule is NC(=O)c1ccc(C(F)(F)P(=O)(O)OP(=O)(OP(=O)(O)C(F)(F)c2ccc(C(N)=O)cc2Br)C(F)(F)c2ccc(C(=O)NCCCCc3ccccc3)cc2Br)c(Br)c1. The van der Waals surface area contributed by atoms with Crippen LogP contribution >= 0.6 is 70.6 Å². The van der Waals surface area contributed by atoms with Crippen LogP contribution in [0.15, 0.2) is 98.3 Å². The van der Waals surface area contributed by atoms with Crippen molar-refractivity contribution >= 4 is 88.3 Å². The topological polar surface area (TPSA) is 225 Å². The summed E-state index contributed by atoms with van der Waals surface area (Å²) in [6.45, 7) is 0.126. The predicted octanol–water partition coefficient (Wildman–Crippen LogP) is 10.1. The minimum absolute atomic E-state index is 0.126. The van der Waals surface area contributed by atoms with Crippen molar-refractivity contribution in [1.82, 2.24) is 5.32 Å². The van der Waals surface area contributed by atoms with Crippen molar-refractivity contribution in [3.8, 4) is 0 Å². The molecule has 0 saturated heterocycles. The van der Waals surface area contributed by atoms with E-state index < -0.39 is 98.7 Å². The molecule has 0 aliphatic carbocycles. The molecule has 0 aromatic heterocycles. The molecule has 7 N–H and O–H groups in total. The molecule has 4 aromatic rings. The third-order valence-corrected chi connectivity index (χ3v) is 16.5. The van der Waals surface area contributed by atoms with E-state index in [2.05, 4.69) is 61.7 Å². The maximum absolute atomic E-state index is 16.6. The number of primary amides is 2.